The van der Waals surface area contributed by atoms with Crippen LogP contribution in [0.1, 0.15) is 6.92 Å². The minimum absolute atomic E-state index is 0.495. The Morgan fingerprint density at radius 1 is 1.05 bits per heavy atom. The predicted octanol–water partition coefficient (Wildman–Crippen LogP) is 3.25. The zero-order valence-corrected chi connectivity index (χ0v) is 11.1. The number of fused-ring (bicyclic) bond motifs is 1. The van der Waals surface area contributed by atoms with Crippen molar-refractivity contribution in [2.75, 3.05) is 11.9 Å². The molecule has 5 heteroatoms. The van der Waals surface area contributed by atoms with Gasteiger partial charge in [0.05, 0.1) is 0 Å². The van der Waals surface area contributed by atoms with Gasteiger partial charge in [0, 0.05) is 30.4 Å². The molecule has 0 amide bonds. The summed E-state index contributed by atoms with van der Waals surface area (Å²) in [5.74, 6) is 1.73. The number of nitrogens with one attached hydrogen (secondary N) is 1. The van der Waals surface area contributed by atoms with E-state index in [9.17, 15) is 0 Å². The highest BCUT2D eigenvalue weighted by Gasteiger charge is 2.06. The van der Waals surface area contributed by atoms with Gasteiger partial charge in [-0.2, -0.15) is 4.98 Å². The average molecular weight is 266 g/mol. The number of ether oxygens (including phenoxy) is 1. The zero-order valence-electron chi connectivity index (χ0n) is 11.1. The molecule has 0 bridgehead atoms. The molecule has 0 atom stereocenters. The molecule has 2 aromatic heterocycles. The minimum Gasteiger partial charge on any atom is -0.437 e. The highest BCUT2D eigenvalue weighted by molar-refractivity contribution is 5.84. The molecule has 100 valence electrons. The molecule has 0 aliphatic carbocycles. The first-order valence-corrected chi connectivity index (χ1v) is 6.45. The lowest BCUT2D eigenvalue weighted by Crippen LogP contribution is -2.02. The summed E-state index contributed by atoms with van der Waals surface area (Å²) in [7, 11) is 0. The lowest BCUT2D eigenvalue weighted by atomic mass is 10.2. The predicted molar refractivity (Wildman–Crippen MR) is 78.0 cm³/mol. The molecule has 0 saturated carbocycles. The largest absolute Gasteiger partial charge is 0.437 e. The Labute approximate surface area is 116 Å². The Bertz CT molecular complexity index is 724. The summed E-state index contributed by atoms with van der Waals surface area (Å²) in [6, 6.07) is 11.4. The maximum Gasteiger partial charge on any atom is 0.225 e. The molecule has 20 heavy (non-hydrogen) atoms. The summed E-state index contributed by atoms with van der Waals surface area (Å²) in [5, 5.41) is 4.09. The number of hydrogen-bond donors (Lipinski definition) is 1. The van der Waals surface area contributed by atoms with Gasteiger partial charge >= 0.3 is 0 Å². The van der Waals surface area contributed by atoms with Crippen LogP contribution in [0, 0.1) is 0 Å². The molecule has 0 aliphatic rings. The lowest BCUT2D eigenvalue weighted by Gasteiger charge is -2.08. The molecule has 3 aromatic rings. The quantitative estimate of drug-likeness (QED) is 0.785. The number of anilines is 1. The van der Waals surface area contributed by atoms with Crippen LogP contribution in [0.15, 0.2) is 48.8 Å². The van der Waals surface area contributed by atoms with E-state index in [2.05, 4.69) is 20.3 Å². The van der Waals surface area contributed by atoms with E-state index in [4.69, 9.17) is 4.74 Å². The first-order chi connectivity index (χ1) is 9.86. The number of benzene rings is 1. The molecular weight excluding hydrogens is 252 g/mol. The molecule has 0 fully saturated rings. The number of para-hydroxylation sites is 1. The van der Waals surface area contributed by atoms with Crippen molar-refractivity contribution in [3.05, 3.63) is 48.8 Å². The third-order valence-electron chi connectivity index (χ3n) is 2.78. The van der Waals surface area contributed by atoms with E-state index in [1.54, 1.807) is 18.5 Å². The monoisotopic (exact) mass is 266 g/mol. The molecule has 1 N–H and O–H groups in total. The fraction of sp³-hybridized carbons (Fsp3) is 0.133. The van der Waals surface area contributed by atoms with Crippen LogP contribution in [0.3, 0.4) is 0 Å². The summed E-state index contributed by atoms with van der Waals surface area (Å²) in [5.41, 5.74) is 0.818. The Morgan fingerprint density at radius 3 is 2.85 bits per heavy atom. The van der Waals surface area contributed by atoms with Crippen LogP contribution in [-0.2, 0) is 0 Å². The van der Waals surface area contributed by atoms with Crippen molar-refractivity contribution in [3.8, 4) is 11.6 Å². The first kappa shape index (κ1) is 12.3. The number of rotatable bonds is 4. The summed E-state index contributed by atoms with van der Waals surface area (Å²) in [4.78, 5) is 12.8. The molecule has 1 aromatic carbocycles. The van der Waals surface area contributed by atoms with Gasteiger partial charge in [0.1, 0.15) is 5.52 Å². The van der Waals surface area contributed by atoms with Crippen LogP contribution in [0.2, 0.25) is 0 Å². The number of nitrogens with zero attached hydrogens (tertiary/aromatic N) is 3. The minimum atomic E-state index is 0.495. The fourth-order valence-corrected chi connectivity index (χ4v) is 1.91. The molecule has 0 aliphatic heterocycles. The average Bonchev–Trinajstić information content (AvgIpc) is 2.48. The van der Waals surface area contributed by atoms with Crippen molar-refractivity contribution in [1.82, 2.24) is 15.0 Å². The van der Waals surface area contributed by atoms with Gasteiger partial charge < -0.3 is 10.1 Å². The topological polar surface area (TPSA) is 59.9 Å². The Kier molecular flexibility index (Phi) is 3.41. The molecule has 0 saturated heterocycles. The highest BCUT2D eigenvalue weighted by atomic mass is 16.5. The van der Waals surface area contributed by atoms with Crippen LogP contribution in [0.4, 0.5) is 5.95 Å². The maximum atomic E-state index is 5.83. The van der Waals surface area contributed by atoms with E-state index in [0.717, 1.165) is 17.4 Å². The van der Waals surface area contributed by atoms with E-state index >= 15 is 0 Å². The molecule has 3 rings (SSSR count). The summed E-state index contributed by atoms with van der Waals surface area (Å²) < 4.78 is 5.83. The van der Waals surface area contributed by atoms with Gasteiger partial charge in [-0.1, -0.05) is 18.2 Å². The van der Waals surface area contributed by atoms with E-state index in [0.29, 0.717) is 17.6 Å². The molecule has 5 nitrogen and oxygen atoms in total. The van der Waals surface area contributed by atoms with Crippen molar-refractivity contribution >= 4 is 16.9 Å². The van der Waals surface area contributed by atoms with Crippen molar-refractivity contribution in [3.63, 3.8) is 0 Å². The van der Waals surface area contributed by atoms with Gasteiger partial charge in [0.15, 0.2) is 5.75 Å². The van der Waals surface area contributed by atoms with Crippen molar-refractivity contribution in [2.45, 2.75) is 6.92 Å². The van der Waals surface area contributed by atoms with E-state index in [1.807, 2.05) is 37.3 Å². The van der Waals surface area contributed by atoms with Crippen molar-refractivity contribution in [2.24, 2.45) is 0 Å². The number of aromatic nitrogens is 3. The van der Waals surface area contributed by atoms with Gasteiger partial charge in [0.2, 0.25) is 11.8 Å². The van der Waals surface area contributed by atoms with E-state index < -0.39 is 0 Å². The van der Waals surface area contributed by atoms with Crippen LogP contribution in [0.25, 0.3) is 10.9 Å². The van der Waals surface area contributed by atoms with E-state index in [-0.39, 0.29) is 0 Å². The van der Waals surface area contributed by atoms with Gasteiger partial charge in [0.25, 0.3) is 0 Å². The van der Waals surface area contributed by atoms with Gasteiger partial charge in [-0.15, -0.1) is 0 Å². The summed E-state index contributed by atoms with van der Waals surface area (Å²) in [6.07, 6.45) is 3.41. The van der Waals surface area contributed by atoms with Crippen LogP contribution < -0.4 is 10.1 Å². The number of hydrogen-bond acceptors (Lipinski definition) is 5. The fourth-order valence-electron chi connectivity index (χ4n) is 1.91. The van der Waals surface area contributed by atoms with E-state index in [1.165, 1.54) is 0 Å². The van der Waals surface area contributed by atoms with Crippen LogP contribution in [-0.4, -0.2) is 21.5 Å². The number of pyridine rings is 1. The normalized spacial score (nSPS) is 10.4. The smallest absolute Gasteiger partial charge is 0.225 e. The van der Waals surface area contributed by atoms with Crippen LogP contribution >= 0.6 is 0 Å². The van der Waals surface area contributed by atoms with Crippen LogP contribution in [0.5, 0.6) is 11.6 Å². The first-order valence-electron chi connectivity index (χ1n) is 6.45. The highest BCUT2D eigenvalue weighted by Crippen LogP contribution is 2.27. The second-order valence-electron chi connectivity index (χ2n) is 4.18. The molecular formula is C15H14N4O. The van der Waals surface area contributed by atoms with Gasteiger partial charge in [-0.25, -0.2) is 4.98 Å². The Morgan fingerprint density at radius 2 is 1.95 bits per heavy atom. The zero-order chi connectivity index (χ0) is 13.8. The molecule has 0 unspecified atom stereocenters. The Hall–Kier alpha value is -2.69. The lowest BCUT2D eigenvalue weighted by molar-refractivity contribution is 0.466. The molecule has 2 heterocycles. The van der Waals surface area contributed by atoms with Crippen molar-refractivity contribution in [1.29, 1.82) is 0 Å². The maximum absolute atomic E-state index is 5.83. The molecule has 0 spiro atoms. The SMILES string of the molecule is CCNc1nccc(Oc2cccc3cccnc23)n1. The van der Waals surface area contributed by atoms with Gasteiger partial charge in [-0.3, -0.25) is 4.98 Å². The Balaban J connectivity index is 1.95. The third kappa shape index (κ3) is 2.51. The van der Waals surface area contributed by atoms with Crippen molar-refractivity contribution < 1.29 is 4.74 Å². The summed E-state index contributed by atoms with van der Waals surface area (Å²) in [6.45, 7) is 2.75. The van der Waals surface area contributed by atoms with Gasteiger partial charge in [-0.05, 0) is 19.1 Å². The summed E-state index contributed by atoms with van der Waals surface area (Å²) >= 11 is 0. The molecule has 0 radical (unpaired) electrons. The second kappa shape index (κ2) is 5.52. The third-order valence-corrected chi connectivity index (χ3v) is 2.78. The second-order valence-corrected chi connectivity index (χ2v) is 4.18. The standard InChI is InChI=1S/C15H14N4O/c1-2-16-15-18-10-8-13(19-15)20-12-7-3-5-11-6-4-9-17-14(11)12/h3-10H,2H2,1H3,(H,16,18,19).